The second-order valence-corrected chi connectivity index (χ2v) is 4.42. The summed E-state index contributed by atoms with van der Waals surface area (Å²) in [6, 6.07) is 5.97. The average Bonchev–Trinajstić information content (AvgIpc) is 2.48. The summed E-state index contributed by atoms with van der Waals surface area (Å²) in [7, 11) is 0. The summed E-state index contributed by atoms with van der Waals surface area (Å²) < 4.78 is 18.2. The first-order valence-corrected chi connectivity index (χ1v) is 6.32. The lowest BCUT2D eigenvalue weighted by atomic mass is 10.2. The topological polar surface area (TPSA) is 77.2 Å². The third-order valence-corrected chi connectivity index (χ3v) is 3.04. The molecule has 0 spiro atoms. The molecule has 0 aliphatic carbocycles. The molecule has 1 fully saturated rings. The van der Waals surface area contributed by atoms with Crippen LogP contribution >= 0.6 is 0 Å². The van der Waals surface area contributed by atoms with Gasteiger partial charge in [0.05, 0.1) is 13.2 Å². The Bertz CT molecular complexity index is 598. The number of nitrogens with zero attached hydrogens (tertiary/aromatic N) is 4. The fourth-order valence-electron chi connectivity index (χ4n) is 2.01. The normalized spacial score (nSPS) is 15.3. The highest BCUT2D eigenvalue weighted by molar-refractivity contribution is 5.57. The lowest BCUT2D eigenvalue weighted by molar-refractivity contribution is 0.122. The van der Waals surface area contributed by atoms with E-state index in [0.717, 1.165) is 0 Å². The van der Waals surface area contributed by atoms with Crippen LogP contribution < -0.4 is 10.6 Å². The molecule has 1 aromatic heterocycles. The SMILES string of the molecule is Nc1nc(-c2ccc(F)cc2)nc(N2CCOCC2)n1. The molecule has 2 aromatic rings. The zero-order chi connectivity index (χ0) is 13.9. The van der Waals surface area contributed by atoms with E-state index >= 15 is 0 Å². The number of ether oxygens (including phenoxy) is 1. The van der Waals surface area contributed by atoms with Crippen LogP contribution in [0.25, 0.3) is 11.4 Å². The molecule has 0 amide bonds. The Morgan fingerprint density at radius 2 is 1.75 bits per heavy atom. The molecule has 2 heterocycles. The first-order valence-electron chi connectivity index (χ1n) is 6.32. The number of hydrogen-bond acceptors (Lipinski definition) is 6. The van der Waals surface area contributed by atoms with Crippen LogP contribution in [0.3, 0.4) is 0 Å². The van der Waals surface area contributed by atoms with E-state index in [1.165, 1.54) is 12.1 Å². The number of nitrogens with two attached hydrogens (primary N) is 1. The molecule has 7 heteroatoms. The van der Waals surface area contributed by atoms with Gasteiger partial charge in [0.15, 0.2) is 5.82 Å². The number of morpholine rings is 1. The van der Waals surface area contributed by atoms with Crippen LogP contribution in [-0.2, 0) is 4.74 Å². The monoisotopic (exact) mass is 275 g/mol. The van der Waals surface area contributed by atoms with Crippen LogP contribution in [0.2, 0.25) is 0 Å². The van der Waals surface area contributed by atoms with Crippen LogP contribution in [0.4, 0.5) is 16.3 Å². The number of nitrogen functional groups attached to an aromatic ring is 1. The van der Waals surface area contributed by atoms with Crippen molar-refractivity contribution in [3.8, 4) is 11.4 Å². The number of halogens is 1. The Kier molecular flexibility index (Phi) is 3.42. The van der Waals surface area contributed by atoms with E-state index in [2.05, 4.69) is 15.0 Å². The molecule has 6 nitrogen and oxygen atoms in total. The summed E-state index contributed by atoms with van der Waals surface area (Å²) in [5.41, 5.74) is 6.44. The Labute approximate surface area is 115 Å². The van der Waals surface area contributed by atoms with E-state index in [1.54, 1.807) is 12.1 Å². The number of aromatic nitrogens is 3. The van der Waals surface area contributed by atoms with Crippen molar-refractivity contribution >= 4 is 11.9 Å². The van der Waals surface area contributed by atoms with Crippen LogP contribution in [0, 0.1) is 5.82 Å². The molecule has 0 radical (unpaired) electrons. The van der Waals surface area contributed by atoms with Gasteiger partial charge in [-0.15, -0.1) is 0 Å². The van der Waals surface area contributed by atoms with Gasteiger partial charge in [0.1, 0.15) is 5.82 Å². The zero-order valence-electron chi connectivity index (χ0n) is 10.8. The van der Waals surface area contributed by atoms with E-state index in [1.807, 2.05) is 4.90 Å². The van der Waals surface area contributed by atoms with E-state index in [0.29, 0.717) is 43.6 Å². The minimum Gasteiger partial charge on any atom is -0.378 e. The Morgan fingerprint density at radius 1 is 1.05 bits per heavy atom. The average molecular weight is 275 g/mol. The summed E-state index contributed by atoms with van der Waals surface area (Å²) in [4.78, 5) is 14.7. The lowest BCUT2D eigenvalue weighted by Crippen LogP contribution is -2.37. The summed E-state index contributed by atoms with van der Waals surface area (Å²) >= 11 is 0. The predicted molar refractivity (Wildman–Crippen MR) is 72.7 cm³/mol. The molecule has 104 valence electrons. The molecular formula is C13H14FN5O. The second kappa shape index (κ2) is 5.38. The minimum atomic E-state index is -0.302. The quantitative estimate of drug-likeness (QED) is 0.884. The van der Waals surface area contributed by atoms with Crippen LogP contribution in [0.1, 0.15) is 0 Å². The van der Waals surface area contributed by atoms with Crippen molar-refractivity contribution in [3.05, 3.63) is 30.1 Å². The molecule has 1 aliphatic rings. The van der Waals surface area contributed by atoms with E-state index in [-0.39, 0.29) is 11.8 Å². The number of anilines is 2. The number of hydrogen-bond donors (Lipinski definition) is 1. The molecule has 0 atom stereocenters. The predicted octanol–water partition coefficient (Wildman–Crippen LogP) is 1.10. The van der Waals surface area contributed by atoms with Crippen molar-refractivity contribution in [2.75, 3.05) is 36.9 Å². The highest BCUT2D eigenvalue weighted by Gasteiger charge is 2.16. The molecule has 0 unspecified atom stereocenters. The molecule has 3 rings (SSSR count). The van der Waals surface area contributed by atoms with Crippen molar-refractivity contribution < 1.29 is 9.13 Å². The van der Waals surface area contributed by atoms with E-state index < -0.39 is 0 Å². The largest absolute Gasteiger partial charge is 0.378 e. The summed E-state index contributed by atoms with van der Waals surface area (Å²) in [6.45, 7) is 2.70. The van der Waals surface area contributed by atoms with Gasteiger partial charge < -0.3 is 15.4 Å². The van der Waals surface area contributed by atoms with Gasteiger partial charge in [0, 0.05) is 18.7 Å². The van der Waals surface area contributed by atoms with Gasteiger partial charge in [0.25, 0.3) is 0 Å². The first kappa shape index (κ1) is 12.7. The van der Waals surface area contributed by atoms with Crippen molar-refractivity contribution in [3.63, 3.8) is 0 Å². The maximum atomic E-state index is 13.0. The van der Waals surface area contributed by atoms with Gasteiger partial charge in [-0.2, -0.15) is 15.0 Å². The van der Waals surface area contributed by atoms with Gasteiger partial charge in [-0.05, 0) is 24.3 Å². The Morgan fingerprint density at radius 3 is 2.45 bits per heavy atom. The van der Waals surface area contributed by atoms with Crippen LogP contribution in [0.15, 0.2) is 24.3 Å². The third kappa shape index (κ3) is 2.67. The van der Waals surface area contributed by atoms with Crippen LogP contribution in [-0.4, -0.2) is 41.3 Å². The number of rotatable bonds is 2. The fraction of sp³-hybridized carbons (Fsp3) is 0.308. The summed E-state index contributed by atoms with van der Waals surface area (Å²) in [5, 5.41) is 0. The lowest BCUT2D eigenvalue weighted by Gasteiger charge is -2.26. The molecule has 1 aromatic carbocycles. The van der Waals surface area contributed by atoms with Gasteiger partial charge in [-0.3, -0.25) is 0 Å². The second-order valence-electron chi connectivity index (χ2n) is 4.42. The smallest absolute Gasteiger partial charge is 0.230 e. The van der Waals surface area contributed by atoms with E-state index in [9.17, 15) is 4.39 Å². The molecule has 20 heavy (non-hydrogen) atoms. The van der Waals surface area contributed by atoms with Crippen LogP contribution in [0.5, 0.6) is 0 Å². The Hall–Kier alpha value is -2.28. The highest BCUT2D eigenvalue weighted by Crippen LogP contribution is 2.19. The Balaban J connectivity index is 1.95. The summed E-state index contributed by atoms with van der Waals surface area (Å²) in [5.74, 6) is 0.823. The third-order valence-electron chi connectivity index (χ3n) is 3.04. The standard InChI is InChI=1S/C13H14FN5O/c14-10-3-1-9(2-4-10)11-16-12(15)18-13(17-11)19-5-7-20-8-6-19/h1-4H,5-8H2,(H2,15,16,17,18). The van der Waals surface area contributed by atoms with Gasteiger partial charge >= 0.3 is 0 Å². The van der Waals surface area contributed by atoms with E-state index in [4.69, 9.17) is 10.5 Å². The highest BCUT2D eigenvalue weighted by atomic mass is 19.1. The number of benzene rings is 1. The van der Waals surface area contributed by atoms with Gasteiger partial charge in [-0.1, -0.05) is 0 Å². The minimum absolute atomic E-state index is 0.154. The van der Waals surface area contributed by atoms with Crippen molar-refractivity contribution in [2.24, 2.45) is 0 Å². The molecular weight excluding hydrogens is 261 g/mol. The van der Waals surface area contributed by atoms with Crippen molar-refractivity contribution in [1.29, 1.82) is 0 Å². The maximum Gasteiger partial charge on any atom is 0.230 e. The van der Waals surface area contributed by atoms with Gasteiger partial charge in [-0.25, -0.2) is 4.39 Å². The van der Waals surface area contributed by atoms with Crippen molar-refractivity contribution in [2.45, 2.75) is 0 Å². The maximum absolute atomic E-state index is 13.0. The molecule has 1 aliphatic heterocycles. The zero-order valence-corrected chi connectivity index (χ0v) is 10.8. The van der Waals surface area contributed by atoms with Crippen molar-refractivity contribution in [1.82, 2.24) is 15.0 Å². The first-order chi connectivity index (χ1) is 9.72. The fourth-order valence-corrected chi connectivity index (χ4v) is 2.01. The summed E-state index contributed by atoms with van der Waals surface area (Å²) in [6.07, 6.45) is 0. The molecule has 0 saturated carbocycles. The molecule has 1 saturated heterocycles. The van der Waals surface area contributed by atoms with Gasteiger partial charge in [0.2, 0.25) is 11.9 Å². The molecule has 2 N–H and O–H groups in total. The molecule has 0 bridgehead atoms.